The fourth-order valence-electron chi connectivity index (χ4n) is 0.511. The van der Waals surface area contributed by atoms with Crippen LogP contribution in [0.15, 0.2) is 0 Å². The van der Waals surface area contributed by atoms with Crippen LogP contribution in [0.1, 0.15) is 19.7 Å². The van der Waals surface area contributed by atoms with Crippen LogP contribution in [0, 0.1) is 6.92 Å². The van der Waals surface area contributed by atoms with Crippen LogP contribution in [0.25, 0.3) is 0 Å². The third-order valence-electron chi connectivity index (χ3n) is 0.830. The van der Waals surface area contributed by atoms with E-state index in [2.05, 4.69) is 15.4 Å². The number of carbonyl (C=O) groups is 1. The van der Waals surface area contributed by atoms with E-state index in [0.717, 1.165) is 4.80 Å². The molecule has 0 aromatic carbocycles. The summed E-state index contributed by atoms with van der Waals surface area (Å²) in [7, 11) is 0. The fraction of sp³-hybridized carbons (Fsp3) is 0.667. The summed E-state index contributed by atoms with van der Waals surface area (Å²) in [5.41, 5.74) is 0. The first-order valence-electron chi connectivity index (χ1n) is 3.64. The summed E-state index contributed by atoms with van der Waals surface area (Å²) < 4.78 is 0. The Morgan fingerprint density at radius 3 is 2.50 bits per heavy atom. The standard InChI is InChI=1S/C4H6N4O2.C2H6/c1-3-5-7-8(6-3)2-4(9)10;1-2/h2H2,1H3,(H,9,10);1-2H3. The molecule has 0 bridgehead atoms. The first-order chi connectivity index (χ1) is 5.68. The van der Waals surface area contributed by atoms with E-state index < -0.39 is 5.97 Å². The lowest BCUT2D eigenvalue weighted by atomic mass is 10.7. The lowest BCUT2D eigenvalue weighted by Crippen LogP contribution is -2.11. The Morgan fingerprint density at radius 1 is 1.58 bits per heavy atom. The van der Waals surface area contributed by atoms with Crippen molar-refractivity contribution in [3.63, 3.8) is 0 Å². The van der Waals surface area contributed by atoms with Gasteiger partial charge in [0, 0.05) is 0 Å². The van der Waals surface area contributed by atoms with Crippen LogP contribution in [0.5, 0.6) is 0 Å². The molecule has 1 rings (SSSR count). The van der Waals surface area contributed by atoms with Crippen LogP contribution in [0.3, 0.4) is 0 Å². The molecule has 1 N–H and O–H groups in total. The highest BCUT2D eigenvalue weighted by atomic mass is 16.4. The minimum Gasteiger partial charge on any atom is -0.480 e. The fourth-order valence-corrected chi connectivity index (χ4v) is 0.511. The zero-order chi connectivity index (χ0) is 9.56. The van der Waals surface area contributed by atoms with E-state index in [9.17, 15) is 4.79 Å². The van der Waals surface area contributed by atoms with Gasteiger partial charge in [0.2, 0.25) is 0 Å². The summed E-state index contributed by atoms with van der Waals surface area (Å²) in [5, 5.41) is 18.9. The van der Waals surface area contributed by atoms with E-state index in [0.29, 0.717) is 5.82 Å². The third kappa shape index (κ3) is 3.65. The smallest absolute Gasteiger partial charge is 0.327 e. The predicted molar refractivity (Wildman–Crippen MR) is 41.5 cm³/mol. The Balaban J connectivity index is 0.000000561. The topological polar surface area (TPSA) is 80.9 Å². The minimum atomic E-state index is -0.975. The van der Waals surface area contributed by atoms with E-state index in [4.69, 9.17) is 5.11 Å². The van der Waals surface area contributed by atoms with Gasteiger partial charge in [-0.1, -0.05) is 13.8 Å². The lowest BCUT2D eigenvalue weighted by Gasteiger charge is -1.88. The average Bonchev–Trinajstić information content (AvgIpc) is 2.39. The van der Waals surface area contributed by atoms with Gasteiger partial charge in [0.15, 0.2) is 12.4 Å². The van der Waals surface area contributed by atoms with Crippen molar-refractivity contribution in [2.45, 2.75) is 27.3 Å². The zero-order valence-electron chi connectivity index (χ0n) is 7.35. The Labute approximate surface area is 70.2 Å². The van der Waals surface area contributed by atoms with Gasteiger partial charge in [-0.05, 0) is 12.1 Å². The highest BCUT2D eigenvalue weighted by Gasteiger charge is 2.01. The number of hydrogen-bond acceptors (Lipinski definition) is 4. The maximum Gasteiger partial charge on any atom is 0.327 e. The van der Waals surface area contributed by atoms with Crippen molar-refractivity contribution in [1.82, 2.24) is 20.2 Å². The molecule has 0 radical (unpaired) electrons. The van der Waals surface area contributed by atoms with Crippen LogP contribution in [0.4, 0.5) is 0 Å². The molecule has 0 amide bonds. The van der Waals surface area contributed by atoms with Crippen LogP contribution >= 0.6 is 0 Å². The monoisotopic (exact) mass is 172 g/mol. The molecule has 0 saturated heterocycles. The molecular formula is C6H12N4O2. The van der Waals surface area contributed by atoms with Crippen molar-refractivity contribution in [1.29, 1.82) is 0 Å². The van der Waals surface area contributed by atoms with Gasteiger partial charge in [-0.2, -0.15) is 4.80 Å². The highest BCUT2D eigenvalue weighted by molar-refractivity contribution is 5.66. The molecule has 1 aromatic heterocycles. The largest absolute Gasteiger partial charge is 0.480 e. The SMILES string of the molecule is CC.Cc1nnn(CC(=O)O)n1. The number of rotatable bonds is 2. The molecule has 12 heavy (non-hydrogen) atoms. The molecule has 6 nitrogen and oxygen atoms in total. The summed E-state index contributed by atoms with van der Waals surface area (Å²) in [4.78, 5) is 11.1. The molecule has 0 aliphatic rings. The van der Waals surface area contributed by atoms with Gasteiger partial charge in [0.05, 0.1) is 0 Å². The summed E-state index contributed by atoms with van der Waals surface area (Å²) in [6.45, 7) is 5.41. The first-order valence-corrected chi connectivity index (χ1v) is 3.64. The minimum absolute atomic E-state index is 0.235. The molecule has 0 unspecified atom stereocenters. The van der Waals surface area contributed by atoms with Gasteiger partial charge in [-0.3, -0.25) is 4.79 Å². The zero-order valence-corrected chi connectivity index (χ0v) is 7.35. The van der Waals surface area contributed by atoms with E-state index in [-0.39, 0.29) is 6.54 Å². The molecule has 1 aromatic rings. The van der Waals surface area contributed by atoms with Crippen LogP contribution in [-0.2, 0) is 11.3 Å². The van der Waals surface area contributed by atoms with Gasteiger partial charge in [-0.15, -0.1) is 10.2 Å². The number of aromatic nitrogens is 4. The number of aryl methyl sites for hydroxylation is 1. The molecule has 68 valence electrons. The molecule has 0 aliphatic carbocycles. The molecule has 0 saturated carbocycles. The number of tetrazole rings is 1. The van der Waals surface area contributed by atoms with Gasteiger partial charge >= 0.3 is 5.97 Å². The van der Waals surface area contributed by atoms with Gasteiger partial charge in [0.25, 0.3) is 0 Å². The van der Waals surface area contributed by atoms with E-state index >= 15 is 0 Å². The van der Waals surface area contributed by atoms with Crippen LogP contribution in [-0.4, -0.2) is 31.3 Å². The Bertz CT molecular complexity index is 245. The van der Waals surface area contributed by atoms with Gasteiger partial charge < -0.3 is 5.11 Å². The Kier molecular flexibility index (Phi) is 4.59. The number of aliphatic carboxylic acids is 1. The molecule has 0 aliphatic heterocycles. The van der Waals surface area contributed by atoms with Crippen LogP contribution < -0.4 is 0 Å². The second kappa shape index (κ2) is 5.22. The number of carboxylic acid groups (broad SMARTS) is 1. The van der Waals surface area contributed by atoms with Crippen molar-refractivity contribution in [3.8, 4) is 0 Å². The lowest BCUT2D eigenvalue weighted by molar-refractivity contribution is -0.138. The van der Waals surface area contributed by atoms with Crippen molar-refractivity contribution in [2.24, 2.45) is 0 Å². The normalized spacial score (nSPS) is 8.58. The van der Waals surface area contributed by atoms with Crippen molar-refractivity contribution >= 4 is 5.97 Å². The second-order valence-electron chi connectivity index (χ2n) is 1.76. The number of nitrogens with zero attached hydrogens (tertiary/aromatic N) is 4. The summed E-state index contributed by atoms with van der Waals surface area (Å²) in [6, 6.07) is 0. The van der Waals surface area contributed by atoms with Crippen LogP contribution in [0.2, 0.25) is 0 Å². The van der Waals surface area contributed by atoms with E-state index in [1.54, 1.807) is 6.92 Å². The summed E-state index contributed by atoms with van der Waals surface area (Å²) in [6.07, 6.45) is 0. The molecule has 0 fully saturated rings. The number of carboxylic acids is 1. The molecular weight excluding hydrogens is 160 g/mol. The van der Waals surface area contributed by atoms with E-state index in [1.807, 2.05) is 13.8 Å². The second-order valence-corrected chi connectivity index (χ2v) is 1.76. The third-order valence-corrected chi connectivity index (χ3v) is 0.830. The summed E-state index contributed by atoms with van der Waals surface area (Å²) >= 11 is 0. The Morgan fingerprint density at radius 2 is 2.17 bits per heavy atom. The molecule has 0 spiro atoms. The number of hydrogen-bond donors (Lipinski definition) is 1. The van der Waals surface area contributed by atoms with E-state index in [1.165, 1.54) is 0 Å². The predicted octanol–water partition coefficient (Wildman–Crippen LogP) is 0.0923. The quantitative estimate of drug-likeness (QED) is 0.683. The van der Waals surface area contributed by atoms with Gasteiger partial charge in [0.1, 0.15) is 0 Å². The average molecular weight is 172 g/mol. The van der Waals surface area contributed by atoms with Gasteiger partial charge in [-0.25, -0.2) is 0 Å². The first kappa shape index (κ1) is 10.5. The maximum absolute atomic E-state index is 10.0. The van der Waals surface area contributed by atoms with Crippen molar-refractivity contribution in [3.05, 3.63) is 5.82 Å². The Hall–Kier alpha value is -1.46. The molecule has 1 heterocycles. The summed E-state index contributed by atoms with van der Waals surface area (Å²) in [5.74, 6) is -0.501. The maximum atomic E-state index is 10.0. The molecule has 6 heteroatoms. The molecule has 0 atom stereocenters. The van der Waals surface area contributed by atoms with Crippen molar-refractivity contribution < 1.29 is 9.90 Å². The highest BCUT2D eigenvalue weighted by Crippen LogP contribution is 1.80. The van der Waals surface area contributed by atoms with Crippen molar-refractivity contribution in [2.75, 3.05) is 0 Å².